The summed E-state index contributed by atoms with van der Waals surface area (Å²) < 4.78 is 0. The van der Waals surface area contributed by atoms with Crippen LogP contribution < -0.4 is 0 Å². The SMILES string of the molecule is CC(O)C1CCN(Cc2csc(-c3ccsc3)n2)C1. The second-order valence-corrected chi connectivity index (χ2v) is 6.82. The predicted molar refractivity (Wildman–Crippen MR) is 80.5 cm³/mol. The van der Waals surface area contributed by atoms with E-state index >= 15 is 0 Å². The van der Waals surface area contributed by atoms with Crippen LogP contribution in [0.25, 0.3) is 10.6 Å². The van der Waals surface area contributed by atoms with E-state index in [1.54, 1.807) is 22.7 Å². The Morgan fingerprint density at radius 1 is 1.53 bits per heavy atom. The van der Waals surface area contributed by atoms with Gasteiger partial charge in [-0.25, -0.2) is 4.98 Å². The number of likely N-dealkylation sites (tertiary alicyclic amines) is 1. The fraction of sp³-hybridized carbons (Fsp3) is 0.500. The quantitative estimate of drug-likeness (QED) is 0.941. The smallest absolute Gasteiger partial charge is 0.124 e. The van der Waals surface area contributed by atoms with Crippen LogP contribution in [0.15, 0.2) is 22.2 Å². The van der Waals surface area contributed by atoms with Crippen LogP contribution in [0, 0.1) is 5.92 Å². The van der Waals surface area contributed by atoms with E-state index in [0.29, 0.717) is 5.92 Å². The highest BCUT2D eigenvalue weighted by Crippen LogP contribution is 2.27. The van der Waals surface area contributed by atoms with Crippen molar-refractivity contribution in [3.63, 3.8) is 0 Å². The normalized spacial score (nSPS) is 21.9. The van der Waals surface area contributed by atoms with Crippen LogP contribution >= 0.6 is 22.7 Å². The van der Waals surface area contributed by atoms with Gasteiger partial charge in [0.2, 0.25) is 0 Å². The predicted octanol–water partition coefficient (Wildman–Crippen LogP) is 3.07. The zero-order chi connectivity index (χ0) is 13.2. The third kappa shape index (κ3) is 3.05. The number of aromatic nitrogens is 1. The second-order valence-electron chi connectivity index (χ2n) is 5.18. The summed E-state index contributed by atoms with van der Waals surface area (Å²) in [6.45, 7) is 4.86. The minimum absolute atomic E-state index is 0.193. The molecule has 2 aromatic rings. The lowest BCUT2D eigenvalue weighted by atomic mass is 10.0. The maximum absolute atomic E-state index is 9.63. The van der Waals surface area contributed by atoms with Crippen molar-refractivity contribution >= 4 is 22.7 Å². The number of thiazole rings is 1. The first-order chi connectivity index (χ1) is 9.22. The van der Waals surface area contributed by atoms with Crippen LogP contribution in [0.2, 0.25) is 0 Å². The van der Waals surface area contributed by atoms with Crippen molar-refractivity contribution in [3.05, 3.63) is 27.9 Å². The molecule has 3 nitrogen and oxygen atoms in total. The molecule has 0 saturated carbocycles. The monoisotopic (exact) mass is 294 g/mol. The molecular weight excluding hydrogens is 276 g/mol. The van der Waals surface area contributed by atoms with E-state index in [4.69, 9.17) is 4.98 Å². The Morgan fingerprint density at radius 3 is 3.11 bits per heavy atom. The Morgan fingerprint density at radius 2 is 2.42 bits per heavy atom. The topological polar surface area (TPSA) is 36.4 Å². The Hall–Kier alpha value is -0.750. The minimum Gasteiger partial charge on any atom is -0.393 e. The van der Waals surface area contributed by atoms with Crippen LogP contribution in [0.5, 0.6) is 0 Å². The highest BCUT2D eigenvalue weighted by molar-refractivity contribution is 7.14. The van der Waals surface area contributed by atoms with E-state index in [2.05, 4.69) is 27.1 Å². The number of rotatable bonds is 4. The molecule has 2 aromatic heterocycles. The van der Waals surface area contributed by atoms with E-state index in [0.717, 1.165) is 36.8 Å². The summed E-state index contributed by atoms with van der Waals surface area (Å²) in [5.41, 5.74) is 2.38. The van der Waals surface area contributed by atoms with Gasteiger partial charge in [0.1, 0.15) is 5.01 Å². The Labute approximate surface area is 121 Å². The lowest BCUT2D eigenvalue weighted by Gasteiger charge is -2.16. The van der Waals surface area contributed by atoms with E-state index in [1.807, 2.05) is 6.92 Å². The molecule has 102 valence electrons. The van der Waals surface area contributed by atoms with Crippen LogP contribution in [0.1, 0.15) is 19.0 Å². The zero-order valence-electron chi connectivity index (χ0n) is 11.0. The Kier molecular flexibility index (Phi) is 3.98. The fourth-order valence-electron chi connectivity index (χ4n) is 2.53. The summed E-state index contributed by atoms with van der Waals surface area (Å²) >= 11 is 3.43. The van der Waals surface area contributed by atoms with Gasteiger partial charge in [-0.05, 0) is 37.3 Å². The van der Waals surface area contributed by atoms with Crippen LogP contribution in [-0.4, -0.2) is 34.2 Å². The number of hydrogen-bond acceptors (Lipinski definition) is 5. The first-order valence-electron chi connectivity index (χ1n) is 6.60. The maximum Gasteiger partial charge on any atom is 0.124 e. The van der Waals surface area contributed by atoms with Gasteiger partial charge in [0.25, 0.3) is 0 Å². The van der Waals surface area contributed by atoms with Gasteiger partial charge in [0, 0.05) is 29.4 Å². The van der Waals surface area contributed by atoms with Crippen LogP contribution in [-0.2, 0) is 6.54 Å². The molecule has 0 spiro atoms. The number of nitrogens with zero attached hydrogens (tertiary/aromatic N) is 2. The lowest BCUT2D eigenvalue weighted by molar-refractivity contribution is 0.127. The van der Waals surface area contributed by atoms with Gasteiger partial charge in [-0.1, -0.05) is 0 Å². The number of hydrogen-bond donors (Lipinski definition) is 1. The van der Waals surface area contributed by atoms with Gasteiger partial charge >= 0.3 is 0 Å². The van der Waals surface area contributed by atoms with E-state index in [1.165, 1.54) is 5.56 Å². The van der Waals surface area contributed by atoms with E-state index in [-0.39, 0.29) is 6.10 Å². The molecule has 0 radical (unpaired) electrons. The lowest BCUT2D eigenvalue weighted by Crippen LogP contribution is -2.24. The molecule has 2 atom stereocenters. The largest absolute Gasteiger partial charge is 0.393 e. The minimum atomic E-state index is -0.193. The first-order valence-corrected chi connectivity index (χ1v) is 8.42. The van der Waals surface area contributed by atoms with Crippen molar-refractivity contribution in [3.8, 4) is 10.6 Å². The van der Waals surface area contributed by atoms with Crippen molar-refractivity contribution in [1.82, 2.24) is 9.88 Å². The molecule has 0 bridgehead atoms. The van der Waals surface area contributed by atoms with Gasteiger partial charge in [0.05, 0.1) is 11.8 Å². The number of thiophene rings is 1. The highest BCUT2D eigenvalue weighted by Gasteiger charge is 2.26. The van der Waals surface area contributed by atoms with E-state index < -0.39 is 0 Å². The van der Waals surface area contributed by atoms with Crippen LogP contribution in [0.3, 0.4) is 0 Å². The molecule has 3 heterocycles. The molecule has 5 heteroatoms. The van der Waals surface area contributed by atoms with Crippen molar-refractivity contribution in [1.29, 1.82) is 0 Å². The zero-order valence-corrected chi connectivity index (χ0v) is 12.6. The van der Waals surface area contributed by atoms with Crippen LogP contribution in [0.4, 0.5) is 0 Å². The van der Waals surface area contributed by atoms with E-state index in [9.17, 15) is 5.11 Å². The molecule has 3 rings (SSSR count). The average Bonchev–Trinajstić information content (AvgIpc) is 3.09. The van der Waals surface area contributed by atoms with Gasteiger partial charge in [-0.15, -0.1) is 11.3 Å². The molecule has 2 unspecified atom stereocenters. The summed E-state index contributed by atoms with van der Waals surface area (Å²) in [6.07, 6.45) is 0.904. The van der Waals surface area contributed by atoms with Gasteiger partial charge in [-0.2, -0.15) is 11.3 Å². The molecule has 0 amide bonds. The molecule has 1 aliphatic rings. The summed E-state index contributed by atoms with van der Waals surface area (Å²) in [6, 6.07) is 2.12. The molecule has 1 N–H and O–H groups in total. The Balaban J connectivity index is 1.62. The molecule has 19 heavy (non-hydrogen) atoms. The molecule has 1 fully saturated rings. The summed E-state index contributed by atoms with van der Waals surface area (Å²) in [5.74, 6) is 0.426. The molecule has 1 saturated heterocycles. The second kappa shape index (κ2) is 5.71. The Bertz CT molecular complexity index is 521. The summed E-state index contributed by atoms with van der Waals surface area (Å²) in [4.78, 5) is 7.10. The number of aliphatic hydroxyl groups is 1. The van der Waals surface area contributed by atoms with Crippen molar-refractivity contribution < 1.29 is 5.11 Å². The third-order valence-electron chi connectivity index (χ3n) is 3.70. The summed E-state index contributed by atoms with van der Waals surface area (Å²) in [7, 11) is 0. The third-order valence-corrected chi connectivity index (χ3v) is 5.32. The molecule has 1 aliphatic heterocycles. The standard InChI is InChI=1S/C14H18N2OS2/c1-10(17)11-2-4-16(6-11)7-13-9-19-14(15-13)12-3-5-18-8-12/h3,5,8-11,17H,2,4,6-7H2,1H3. The van der Waals surface area contributed by atoms with Crippen molar-refractivity contribution in [2.75, 3.05) is 13.1 Å². The van der Waals surface area contributed by atoms with Gasteiger partial charge in [0.15, 0.2) is 0 Å². The maximum atomic E-state index is 9.63. The fourth-order valence-corrected chi connectivity index (χ4v) is 4.05. The van der Waals surface area contributed by atoms with Gasteiger partial charge < -0.3 is 5.11 Å². The summed E-state index contributed by atoms with van der Waals surface area (Å²) in [5, 5.41) is 17.1. The van der Waals surface area contributed by atoms with Crippen molar-refractivity contribution in [2.24, 2.45) is 5.92 Å². The molecule has 0 aromatic carbocycles. The number of aliphatic hydroxyl groups excluding tert-OH is 1. The molecular formula is C14H18N2OS2. The highest BCUT2D eigenvalue weighted by atomic mass is 32.1. The first kappa shape index (κ1) is 13.2. The van der Waals surface area contributed by atoms with Gasteiger partial charge in [-0.3, -0.25) is 4.90 Å². The molecule has 0 aliphatic carbocycles. The average molecular weight is 294 g/mol. The van der Waals surface area contributed by atoms with Crippen molar-refractivity contribution in [2.45, 2.75) is 26.0 Å².